The number of pyridine rings is 1. The molecule has 3 aromatic rings. The van der Waals surface area contributed by atoms with E-state index in [-0.39, 0.29) is 34.9 Å². The fourth-order valence-electron chi connectivity index (χ4n) is 4.83. The minimum absolute atomic E-state index is 0.0193. The molecule has 1 N–H and O–H groups in total. The van der Waals surface area contributed by atoms with Crippen LogP contribution in [0.5, 0.6) is 0 Å². The van der Waals surface area contributed by atoms with Gasteiger partial charge in [0, 0.05) is 47.8 Å². The second-order valence-corrected chi connectivity index (χ2v) is 9.70. The van der Waals surface area contributed by atoms with Gasteiger partial charge in [-0.1, -0.05) is 24.3 Å². The van der Waals surface area contributed by atoms with E-state index < -0.39 is 0 Å². The predicted molar refractivity (Wildman–Crippen MR) is 129 cm³/mol. The minimum atomic E-state index is -0.307. The molecular weight excluding hydrogens is 434 g/mol. The lowest BCUT2D eigenvalue weighted by atomic mass is 9.83. The Hall–Kier alpha value is -3.45. The molecule has 168 valence electrons. The van der Waals surface area contributed by atoms with E-state index in [1.807, 2.05) is 40.0 Å². The number of aryl methyl sites for hydroxylation is 1. The van der Waals surface area contributed by atoms with E-state index in [9.17, 15) is 14.4 Å². The molecule has 2 amide bonds. The van der Waals surface area contributed by atoms with Gasteiger partial charge in [0.2, 0.25) is 0 Å². The van der Waals surface area contributed by atoms with Gasteiger partial charge in [-0.2, -0.15) is 0 Å². The number of nitrogens with zero attached hydrogens (tertiary/aromatic N) is 2. The SMILES string of the molecule is Cc1ccsc1/C=C(/NC(=O)c1ccccc1)C(=O)N1C[C@@H]2C[C@H](C1)c1cccc(=O)n1C2. The van der Waals surface area contributed by atoms with Gasteiger partial charge in [0.1, 0.15) is 5.70 Å². The van der Waals surface area contributed by atoms with Gasteiger partial charge in [0.25, 0.3) is 17.4 Å². The standard InChI is InChI=1S/C26H25N3O3S/c1-17-10-11-33-23(17)13-21(27-25(31)19-6-3-2-4-7-19)26(32)28-14-18-12-20(16-28)22-8-5-9-24(30)29(22)15-18/h2-11,13,18,20H,12,14-16H2,1H3,(H,27,31)/b21-13+/t18-,20+/m0/s1. The number of fused-ring (bicyclic) bond motifs is 4. The van der Waals surface area contributed by atoms with Crippen molar-refractivity contribution in [3.63, 3.8) is 0 Å². The summed E-state index contributed by atoms with van der Waals surface area (Å²) in [4.78, 5) is 41.7. The van der Waals surface area contributed by atoms with Crippen LogP contribution in [0.4, 0.5) is 0 Å². The number of thiophene rings is 1. The number of carbonyl (C=O) groups excluding carboxylic acids is 2. The number of amides is 2. The smallest absolute Gasteiger partial charge is 0.270 e. The molecule has 2 aromatic heterocycles. The van der Waals surface area contributed by atoms with Crippen molar-refractivity contribution in [3.8, 4) is 0 Å². The summed E-state index contributed by atoms with van der Waals surface area (Å²) >= 11 is 1.54. The second-order valence-electron chi connectivity index (χ2n) is 8.75. The largest absolute Gasteiger partial charge is 0.336 e. The first-order chi connectivity index (χ1) is 16.0. The number of benzene rings is 1. The maximum atomic E-state index is 13.7. The Morgan fingerprint density at radius 1 is 1.03 bits per heavy atom. The number of rotatable bonds is 4. The highest BCUT2D eigenvalue weighted by molar-refractivity contribution is 7.11. The third kappa shape index (κ3) is 4.28. The minimum Gasteiger partial charge on any atom is -0.336 e. The summed E-state index contributed by atoms with van der Waals surface area (Å²) < 4.78 is 1.85. The van der Waals surface area contributed by atoms with E-state index in [0.717, 1.165) is 22.6 Å². The van der Waals surface area contributed by atoms with Crippen molar-refractivity contribution in [2.24, 2.45) is 5.92 Å². The average molecular weight is 460 g/mol. The summed E-state index contributed by atoms with van der Waals surface area (Å²) in [6, 6.07) is 16.3. The van der Waals surface area contributed by atoms with Crippen LogP contribution in [0.25, 0.3) is 6.08 Å². The molecule has 0 aliphatic carbocycles. The zero-order valence-electron chi connectivity index (χ0n) is 18.4. The van der Waals surface area contributed by atoms with Gasteiger partial charge in [0.15, 0.2) is 0 Å². The van der Waals surface area contributed by atoms with Gasteiger partial charge in [-0.15, -0.1) is 11.3 Å². The van der Waals surface area contributed by atoms with Crippen LogP contribution in [0.3, 0.4) is 0 Å². The lowest BCUT2D eigenvalue weighted by Crippen LogP contribution is -2.50. The quantitative estimate of drug-likeness (QED) is 0.606. The third-order valence-electron chi connectivity index (χ3n) is 6.46. The lowest BCUT2D eigenvalue weighted by molar-refractivity contribution is -0.130. The average Bonchev–Trinajstić information content (AvgIpc) is 3.23. The fourth-order valence-corrected chi connectivity index (χ4v) is 5.69. The molecule has 0 unspecified atom stereocenters. The van der Waals surface area contributed by atoms with Crippen LogP contribution < -0.4 is 10.9 Å². The van der Waals surface area contributed by atoms with Crippen molar-refractivity contribution in [3.05, 3.63) is 97.7 Å². The van der Waals surface area contributed by atoms with Gasteiger partial charge in [-0.3, -0.25) is 14.4 Å². The fraction of sp³-hybridized carbons (Fsp3) is 0.269. The Kier molecular flexibility index (Phi) is 5.72. The predicted octanol–water partition coefficient (Wildman–Crippen LogP) is 3.64. The van der Waals surface area contributed by atoms with Crippen molar-refractivity contribution in [2.75, 3.05) is 13.1 Å². The molecule has 4 heterocycles. The summed E-state index contributed by atoms with van der Waals surface area (Å²) in [5, 5.41) is 4.85. The maximum absolute atomic E-state index is 13.7. The molecule has 7 heteroatoms. The van der Waals surface area contributed by atoms with Crippen molar-refractivity contribution >= 4 is 29.2 Å². The number of likely N-dealkylation sites (tertiary alicyclic amines) is 1. The Bertz CT molecular complexity index is 1290. The van der Waals surface area contributed by atoms with Gasteiger partial charge < -0.3 is 14.8 Å². The van der Waals surface area contributed by atoms with Crippen LogP contribution >= 0.6 is 11.3 Å². The van der Waals surface area contributed by atoms with Crippen molar-refractivity contribution < 1.29 is 9.59 Å². The molecular formula is C26H25N3O3S. The van der Waals surface area contributed by atoms with Crippen molar-refractivity contribution in [2.45, 2.75) is 25.8 Å². The number of nitrogens with one attached hydrogen (secondary N) is 1. The normalized spacial score (nSPS) is 19.7. The molecule has 0 saturated carbocycles. The summed E-state index contributed by atoms with van der Waals surface area (Å²) in [7, 11) is 0. The Balaban J connectivity index is 1.44. The third-order valence-corrected chi connectivity index (χ3v) is 7.42. The Morgan fingerprint density at radius 3 is 2.61 bits per heavy atom. The van der Waals surface area contributed by atoms with Gasteiger partial charge in [0.05, 0.1) is 0 Å². The zero-order chi connectivity index (χ0) is 22.9. The van der Waals surface area contributed by atoms with Crippen LogP contribution in [0.15, 0.2) is 70.5 Å². The molecule has 1 aromatic carbocycles. The number of carbonyl (C=O) groups is 2. The van der Waals surface area contributed by atoms with E-state index in [1.165, 1.54) is 11.3 Å². The van der Waals surface area contributed by atoms with E-state index in [1.54, 1.807) is 42.5 Å². The highest BCUT2D eigenvalue weighted by Gasteiger charge is 2.37. The lowest BCUT2D eigenvalue weighted by Gasteiger charge is -2.43. The van der Waals surface area contributed by atoms with Gasteiger partial charge >= 0.3 is 0 Å². The summed E-state index contributed by atoms with van der Waals surface area (Å²) in [5.41, 5.74) is 2.85. The van der Waals surface area contributed by atoms with Crippen molar-refractivity contribution in [1.29, 1.82) is 0 Å². The molecule has 2 aliphatic rings. The molecule has 1 fully saturated rings. The highest BCUT2D eigenvalue weighted by atomic mass is 32.1. The van der Waals surface area contributed by atoms with E-state index in [4.69, 9.17) is 0 Å². The van der Waals surface area contributed by atoms with Crippen LogP contribution in [0, 0.1) is 12.8 Å². The number of hydrogen-bond acceptors (Lipinski definition) is 4. The molecule has 0 spiro atoms. The summed E-state index contributed by atoms with van der Waals surface area (Å²) in [6.45, 7) is 3.71. The van der Waals surface area contributed by atoms with E-state index in [0.29, 0.717) is 25.2 Å². The zero-order valence-corrected chi connectivity index (χ0v) is 19.2. The van der Waals surface area contributed by atoms with Crippen LogP contribution in [-0.4, -0.2) is 34.4 Å². The monoisotopic (exact) mass is 459 g/mol. The first-order valence-corrected chi connectivity index (χ1v) is 12.0. The number of aromatic nitrogens is 1. The molecule has 6 nitrogen and oxygen atoms in total. The van der Waals surface area contributed by atoms with Crippen LogP contribution in [0.2, 0.25) is 0 Å². The Labute approximate surface area is 196 Å². The first kappa shape index (κ1) is 21.4. The Morgan fingerprint density at radius 2 is 1.85 bits per heavy atom. The number of piperidine rings is 1. The molecule has 2 atom stereocenters. The van der Waals surface area contributed by atoms with Gasteiger partial charge in [-0.05, 0) is 60.5 Å². The molecule has 2 bridgehead atoms. The van der Waals surface area contributed by atoms with Crippen molar-refractivity contribution in [1.82, 2.24) is 14.8 Å². The maximum Gasteiger partial charge on any atom is 0.270 e. The highest BCUT2D eigenvalue weighted by Crippen LogP contribution is 2.35. The van der Waals surface area contributed by atoms with Crippen LogP contribution in [-0.2, 0) is 11.3 Å². The number of hydrogen-bond donors (Lipinski definition) is 1. The molecule has 1 saturated heterocycles. The van der Waals surface area contributed by atoms with E-state index >= 15 is 0 Å². The molecule has 5 rings (SSSR count). The first-order valence-electron chi connectivity index (χ1n) is 11.1. The summed E-state index contributed by atoms with van der Waals surface area (Å²) in [5.74, 6) is -0.160. The molecule has 2 aliphatic heterocycles. The molecule has 0 radical (unpaired) electrons. The summed E-state index contributed by atoms with van der Waals surface area (Å²) in [6.07, 6.45) is 2.75. The topological polar surface area (TPSA) is 71.4 Å². The second kappa shape index (κ2) is 8.83. The van der Waals surface area contributed by atoms with Crippen LogP contribution in [0.1, 0.15) is 38.8 Å². The van der Waals surface area contributed by atoms with E-state index in [2.05, 4.69) is 5.32 Å². The molecule has 33 heavy (non-hydrogen) atoms. The van der Waals surface area contributed by atoms with Gasteiger partial charge in [-0.25, -0.2) is 0 Å².